The Morgan fingerprint density at radius 3 is 2.79 bits per heavy atom. The molecule has 1 atom stereocenters. The third-order valence-electron chi connectivity index (χ3n) is 4.80. The summed E-state index contributed by atoms with van der Waals surface area (Å²) in [6.45, 7) is 8.73. The Labute approximate surface area is 176 Å². The molecule has 29 heavy (non-hydrogen) atoms. The molecule has 2 heterocycles. The summed E-state index contributed by atoms with van der Waals surface area (Å²) >= 11 is 6.19. The first kappa shape index (κ1) is 21.4. The number of rotatable bonds is 3. The smallest absolute Gasteiger partial charge is 0.407 e. The molecule has 1 aliphatic rings. The average molecular weight is 420 g/mol. The van der Waals surface area contributed by atoms with E-state index in [1.807, 2.05) is 32.9 Å². The number of aromatic nitrogens is 1. The van der Waals surface area contributed by atoms with Crippen LogP contribution >= 0.6 is 11.6 Å². The van der Waals surface area contributed by atoms with Gasteiger partial charge in [0, 0.05) is 36.6 Å². The van der Waals surface area contributed by atoms with Crippen LogP contribution in [0.3, 0.4) is 0 Å². The van der Waals surface area contributed by atoms with Gasteiger partial charge in [0.1, 0.15) is 16.6 Å². The van der Waals surface area contributed by atoms with Crippen LogP contribution in [-0.2, 0) is 4.74 Å². The van der Waals surface area contributed by atoms with Crippen molar-refractivity contribution in [1.29, 1.82) is 0 Å². The van der Waals surface area contributed by atoms with E-state index >= 15 is 0 Å². The van der Waals surface area contributed by atoms with E-state index in [1.54, 1.807) is 19.2 Å². The van der Waals surface area contributed by atoms with E-state index in [9.17, 15) is 9.18 Å². The van der Waals surface area contributed by atoms with Crippen LogP contribution in [0.1, 0.15) is 39.2 Å². The summed E-state index contributed by atoms with van der Waals surface area (Å²) < 4.78 is 19.1. The normalized spacial score (nSPS) is 17.2. The number of halogens is 2. The molecule has 0 bridgehead atoms. The number of hydrogen-bond acceptors (Lipinski definition) is 4. The minimum Gasteiger partial charge on any atom is -0.444 e. The molecule has 2 aromatic rings. The van der Waals surface area contributed by atoms with Crippen molar-refractivity contribution in [1.82, 2.24) is 10.3 Å². The number of ether oxygens (including phenoxy) is 1. The lowest BCUT2D eigenvalue weighted by Crippen LogP contribution is -2.49. The van der Waals surface area contributed by atoms with E-state index in [-0.39, 0.29) is 11.9 Å². The molecule has 1 N–H and O–H groups in total. The first-order chi connectivity index (χ1) is 13.6. The van der Waals surface area contributed by atoms with E-state index in [2.05, 4.69) is 15.2 Å². The Bertz CT molecular complexity index is 898. The number of anilines is 1. The predicted octanol–water partition coefficient (Wildman–Crippen LogP) is 5.34. The van der Waals surface area contributed by atoms with Crippen LogP contribution in [0.25, 0.3) is 11.1 Å². The molecule has 3 rings (SSSR count). The third kappa shape index (κ3) is 5.60. The minimum atomic E-state index is -0.537. The Balaban J connectivity index is 1.83. The highest BCUT2D eigenvalue weighted by molar-refractivity contribution is 6.29. The molecular weight excluding hydrogens is 393 g/mol. The Morgan fingerprint density at radius 1 is 1.34 bits per heavy atom. The van der Waals surface area contributed by atoms with Crippen molar-refractivity contribution in [3.05, 3.63) is 47.0 Å². The molecule has 1 aliphatic heterocycles. The Hall–Kier alpha value is -2.34. The average Bonchev–Trinajstić information content (AvgIpc) is 2.62. The lowest BCUT2D eigenvalue weighted by atomic mass is 10.00. The van der Waals surface area contributed by atoms with Crippen LogP contribution in [0.4, 0.5) is 14.9 Å². The zero-order valence-corrected chi connectivity index (χ0v) is 18.0. The number of piperidine rings is 1. The summed E-state index contributed by atoms with van der Waals surface area (Å²) in [5.74, 6) is -0.239. The van der Waals surface area contributed by atoms with E-state index in [0.717, 1.165) is 36.2 Å². The maximum atomic E-state index is 13.7. The van der Waals surface area contributed by atoms with Crippen LogP contribution in [-0.4, -0.2) is 35.8 Å². The van der Waals surface area contributed by atoms with Crippen LogP contribution < -0.4 is 10.2 Å². The molecule has 1 amide bonds. The number of hydrogen-bond donors (Lipinski definition) is 1. The number of benzene rings is 1. The first-order valence-corrected chi connectivity index (χ1v) is 10.2. The summed E-state index contributed by atoms with van der Waals surface area (Å²) in [6.07, 6.45) is 3.10. The fourth-order valence-corrected chi connectivity index (χ4v) is 3.66. The van der Waals surface area contributed by atoms with Crippen LogP contribution in [0.15, 0.2) is 30.5 Å². The molecule has 156 valence electrons. The van der Waals surface area contributed by atoms with Crippen molar-refractivity contribution >= 4 is 23.4 Å². The lowest BCUT2D eigenvalue weighted by molar-refractivity contribution is 0.0500. The van der Waals surface area contributed by atoms with Gasteiger partial charge in [0.25, 0.3) is 0 Å². The van der Waals surface area contributed by atoms with Crippen molar-refractivity contribution in [2.24, 2.45) is 0 Å². The number of nitrogens with zero attached hydrogens (tertiary/aromatic N) is 2. The predicted molar refractivity (Wildman–Crippen MR) is 114 cm³/mol. The number of carbonyl (C=O) groups excluding carboxylic acids is 1. The number of aryl methyl sites for hydroxylation is 1. The zero-order chi connectivity index (χ0) is 21.2. The molecule has 5 nitrogen and oxygen atoms in total. The molecule has 7 heteroatoms. The fraction of sp³-hybridized carbons (Fsp3) is 0.455. The van der Waals surface area contributed by atoms with Crippen molar-refractivity contribution in [2.75, 3.05) is 18.0 Å². The van der Waals surface area contributed by atoms with Crippen molar-refractivity contribution in [3.63, 3.8) is 0 Å². The number of amides is 1. The molecule has 0 unspecified atom stereocenters. The first-order valence-electron chi connectivity index (χ1n) is 9.79. The van der Waals surface area contributed by atoms with Crippen molar-refractivity contribution in [2.45, 2.75) is 52.2 Å². The summed E-state index contributed by atoms with van der Waals surface area (Å²) in [7, 11) is 0. The second-order valence-corrected chi connectivity index (χ2v) is 8.81. The number of alkyl carbamates (subject to hydrolysis) is 1. The van der Waals surface area contributed by atoms with E-state index < -0.39 is 11.7 Å². The summed E-state index contributed by atoms with van der Waals surface area (Å²) in [6, 6.07) is 6.81. The SMILES string of the molecule is Cc1cc(-c2cnc(Cl)cc2N2CCC[C@H](NC(=O)OC(C)(C)C)C2)ccc1F. The van der Waals surface area contributed by atoms with Gasteiger partial charge in [-0.2, -0.15) is 0 Å². The van der Waals surface area contributed by atoms with Gasteiger partial charge in [-0.15, -0.1) is 0 Å². The van der Waals surface area contributed by atoms with Gasteiger partial charge in [-0.25, -0.2) is 14.2 Å². The fourth-order valence-electron chi connectivity index (χ4n) is 3.50. The number of carbonyl (C=O) groups is 1. The van der Waals surface area contributed by atoms with Gasteiger partial charge in [-0.05, 0) is 69.9 Å². The molecule has 1 saturated heterocycles. The molecule has 1 aromatic heterocycles. The highest BCUT2D eigenvalue weighted by Gasteiger charge is 2.26. The molecule has 0 aliphatic carbocycles. The Morgan fingerprint density at radius 2 is 2.10 bits per heavy atom. The second kappa shape index (κ2) is 8.57. The maximum absolute atomic E-state index is 13.7. The van der Waals surface area contributed by atoms with Gasteiger partial charge in [0.2, 0.25) is 0 Å². The molecule has 0 radical (unpaired) electrons. The number of pyridine rings is 1. The van der Waals surface area contributed by atoms with Gasteiger partial charge >= 0.3 is 6.09 Å². The molecular formula is C22H27ClFN3O2. The number of nitrogens with one attached hydrogen (secondary N) is 1. The minimum absolute atomic E-state index is 0.0339. The van der Waals surface area contributed by atoms with Crippen molar-refractivity contribution < 1.29 is 13.9 Å². The topological polar surface area (TPSA) is 54.5 Å². The molecule has 1 fully saturated rings. The lowest BCUT2D eigenvalue weighted by Gasteiger charge is -2.36. The quantitative estimate of drug-likeness (QED) is 0.682. The highest BCUT2D eigenvalue weighted by Crippen LogP contribution is 2.34. The van der Waals surface area contributed by atoms with Gasteiger partial charge in [0.15, 0.2) is 0 Å². The van der Waals surface area contributed by atoms with Crippen LogP contribution in [0.2, 0.25) is 5.15 Å². The van der Waals surface area contributed by atoms with E-state index in [1.165, 1.54) is 6.07 Å². The van der Waals surface area contributed by atoms with E-state index in [4.69, 9.17) is 16.3 Å². The zero-order valence-electron chi connectivity index (χ0n) is 17.3. The molecule has 0 spiro atoms. The van der Waals surface area contributed by atoms with Gasteiger partial charge in [-0.1, -0.05) is 17.7 Å². The van der Waals surface area contributed by atoms with Crippen LogP contribution in [0, 0.1) is 12.7 Å². The van der Waals surface area contributed by atoms with Crippen LogP contribution in [0.5, 0.6) is 0 Å². The third-order valence-corrected chi connectivity index (χ3v) is 5.01. The van der Waals surface area contributed by atoms with E-state index in [0.29, 0.717) is 17.3 Å². The summed E-state index contributed by atoms with van der Waals surface area (Å²) in [5.41, 5.74) is 2.73. The van der Waals surface area contributed by atoms with Gasteiger partial charge in [0.05, 0.1) is 0 Å². The highest BCUT2D eigenvalue weighted by atomic mass is 35.5. The summed E-state index contributed by atoms with van der Waals surface area (Å²) in [5, 5.41) is 3.36. The monoisotopic (exact) mass is 419 g/mol. The largest absolute Gasteiger partial charge is 0.444 e. The van der Waals surface area contributed by atoms with Crippen molar-refractivity contribution in [3.8, 4) is 11.1 Å². The Kier molecular flexibility index (Phi) is 6.32. The van der Waals surface area contributed by atoms with Gasteiger partial charge < -0.3 is 15.0 Å². The molecule has 0 saturated carbocycles. The summed E-state index contributed by atoms with van der Waals surface area (Å²) in [4.78, 5) is 18.6. The van der Waals surface area contributed by atoms with Gasteiger partial charge in [-0.3, -0.25) is 0 Å². The molecule has 1 aromatic carbocycles. The maximum Gasteiger partial charge on any atom is 0.407 e. The standard InChI is InChI=1S/C22H27ClFN3O2/c1-14-10-15(7-8-18(14)24)17-12-25-20(23)11-19(17)27-9-5-6-16(13-27)26-21(28)29-22(2,3)4/h7-8,10-12,16H,5-6,9,13H2,1-4H3,(H,26,28)/t16-/m0/s1. The second-order valence-electron chi connectivity index (χ2n) is 8.42.